The van der Waals surface area contributed by atoms with Gasteiger partial charge in [-0.25, -0.2) is 9.97 Å². The fraction of sp³-hybridized carbons (Fsp3) is 0.200. The van der Waals surface area contributed by atoms with Gasteiger partial charge in [-0.2, -0.15) is 0 Å². The number of hydrogen-bond acceptors (Lipinski definition) is 5. The molecular weight excluding hydrogens is 210 g/mol. The summed E-state index contributed by atoms with van der Waals surface area (Å²) in [4.78, 5) is 9.48. The summed E-state index contributed by atoms with van der Waals surface area (Å²) in [5, 5.41) is 0.697. The first-order valence-electron chi connectivity index (χ1n) is 4.53. The summed E-state index contributed by atoms with van der Waals surface area (Å²) in [6.45, 7) is 2.34. The maximum Gasteiger partial charge on any atom is 0.192 e. The molecule has 0 amide bonds. The number of rotatable bonds is 3. The van der Waals surface area contributed by atoms with Gasteiger partial charge in [-0.3, -0.25) is 0 Å². The minimum atomic E-state index is 0.431. The molecule has 0 aliphatic carbocycles. The van der Waals surface area contributed by atoms with Crippen LogP contribution in [0.2, 0.25) is 0 Å². The van der Waals surface area contributed by atoms with Gasteiger partial charge in [0, 0.05) is 12.7 Å². The summed E-state index contributed by atoms with van der Waals surface area (Å²) < 4.78 is 5.19. The zero-order chi connectivity index (χ0) is 10.7. The molecule has 2 heterocycles. The largest absolute Gasteiger partial charge is 0.468 e. The van der Waals surface area contributed by atoms with Crippen LogP contribution in [0.25, 0.3) is 0 Å². The van der Waals surface area contributed by atoms with E-state index in [1.54, 1.807) is 12.5 Å². The van der Waals surface area contributed by atoms with E-state index < -0.39 is 0 Å². The van der Waals surface area contributed by atoms with Gasteiger partial charge in [0.1, 0.15) is 5.76 Å². The topological polar surface area (TPSA) is 64.9 Å². The van der Waals surface area contributed by atoms with Crippen molar-refractivity contribution >= 4 is 11.8 Å². The molecule has 78 valence electrons. The monoisotopic (exact) mass is 221 g/mol. The average molecular weight is 221 g/mol. The van der Waals surface area contributed by atoms with Gasteiger partial charge in [0.2, 0.25) is 0 Å². The highest BCUT2D eigenvalue weighted by atomic mass is 32.2. The molecule has 0 bridgehead atoms. The normalized spacial score (nSPS) is 10.5. The van der Waals surface area contributed by atoms with Gasteiger partial charge in [-0.1, -0.05) is 0 Å². The van der Waals surface area contributed by atoms with Crippen molar-refractivity contribution in [3.8, 4) is 0 Å². The van der Waals surface area contributed by atoms with E-state index in [-0.39, 0.29) is 0 Å². The number of hydrogen-bond donors (Lipinski definition) is 1. The minimum absolute atomic E-state index is 0.431. The number of nitrogens with two attached hydrogens (primary N) is 1. The SMILES string of the molecule is Cc1occc1Sc1nccc(CN)n1. The summed E-state index contributed by atoms with van der Waals surface area (Å²) in [6, 6.07) is 3.71. The van der Waals surface area contributed by atoms with Crippen molar-refractivity contribution in [1.82, 2.24) is 9.97 Å². The molecule has 0 fully saturated rings. The standard InChI is InChI=1S/C10H11N3OS/c1-7-9(3-5-14-7)15-10-12-4-2-8(6-11)13-10/h2-5H,6,11H2,1H3. The smallest absolute Gasteiger partial charge is 0.192 e. The molecule has 0 aromatic carbocycles. The van der Waals surface area contributed by atoms with Crippen LogP contribution in [0.3, 0.4) is 0 Å². The predicted octanol–water partition coefficient (Wildman–Crippen LogP) is 1.99. The summed E-state index contributed by atoms with van der Waals surface area (Å²) in [7, 11) is 0. The zero-order valence-corrected chi connectivity index (χ0v) is 9.12. The van der Waals surface area contributed by atoms with Crippen molar-refractivity contribution in [3.63, 3.8) is 0 Å². The van der Waals surface area contributed by atoms with Crippen molar-refractivity contribution in [2.24, 2.45) is 5.73 Å². The lowest BCUT2D eigenvalue weighted by atomic mass is 10.4. The first-order chi connectivity index (χ1) is 7.29. The van der Waals surface area contributed by atoms with Crippen LogP contribution >= 0.6 is 11.8 Å². The second-order valence-electron chi connectivity index (χ2n) is 2.98. The number of aryl methyl sites for hydroxylation is 1. The van der Waals surface area contributed by atoms with Crippen molar-refractivity contribution < 1.29 is 4.42 Å². The Balaban J connectivity index is 2.21. The van der Waals surface area contributed by atoms with E-state index in [0.29, 0.717) is 11.7 Å². The maximum absolute atomic E-state index is 5.50. The van der Waals surface area contributed by atoms with E-state index in [0.717, 1.165) is 16.3 Å². The predicted molar refractivity (Wildman–Crippen MR) is 57.5 cm³/mol. The van der Waals surface area contributed by atoms with Gasteiger partial charge in [0.05, 0.1) is 16.9 Å². The molecule has 2 aromatic heterocycles. The van der Waals surface area contributed by atoms with E-state index in [9.17, 15) is 0 Å². The molecule has 0 radical (unpaired) electrons. The van der Waals surface area contributed by atoms with Gasteiger partial charge in [-0.05, 0) is 30.8 Å². The third-order valence-corrected chi connectivity index (χ3v) is 2.94. The summed E-state index contributed by atoms with van der Waals surface area (Å²) in [5.74, 6) is 0.877. The number of furan rings is 1. The van der Waals surface area contributed by atoms with Crippen LogP contribution in [0.4, 0.5) is 0 Å². The fourth-order valence-corrected chi connectivity index (χ4v) is 1.91. The van der Waals surface area contributed by atoms with Crippen LogP contribution in [0.1, 0.15) is 11.5 Å². The van der Waals surface area contributed by atoms with Gasteiger partial charge in [0.15, 0.2) is 5.16 Å². The molecule has 5 heteroatoms. The molecule has 0 aliphatic heterocycles. The highest BCUT2D eigenvalue weighted by Gasteiger charge is 2.06. The molecule has 2 rings (SSSR count). The van der Waals surface area contributed by atoms with Crippen LogP contribution in [0, 0.1) is 6.92 Å². The van der Waals surface area contributed by atoms with E-state index in [2.05, 4.69) is 9.97 Å². The van der Waals surface area contributed by atoms with E-state index >= 15 is 0 Å². The summed E-state index contributed by atoms with van der Waals surface area (Å²) in [5.41, 5.74) is 6.35. The molecular formula is C10H11N3OS. The molecule has 15 heavy (non-hydrogen) atoms. The Morgan fingerprint density at radius 1 is 1.47 bits per heavy atom. The Morgan fingerprint density at radius 2 is 2.33 bits per heavy atom. The molecule has 0 unspecified atom stereocenters. The highest BCUT2D eigenvalue weighted by molar-refractivity contribution is 7.99. The summed E-state index contributed by atoms with van der Waals surface area (Å²) in [6.07, 6.45) is 3.37. The van der Waals surface area contributed by atoms with Gasteiger partial charge >= 0.3 is 0 Å². The Bertz CT molecular complexity index is 455. The molecule has 0 saturated heterocycles. The van der Waals surface area contributed by atoms with Crippen molar-refractivity contribution in [3.05, 3.63) is 36.0 Å². The molecule has 2 aromatic rings. The number of aromatic nitrogens is 2. The van der Waals surface area contributed by atoms with Crippen LogP contribution in [-0.2, 0) is 6.54 Å². The van der Waals surface area contributed by atoms with Crippen LogP contribution in [0.15, 0.2) is 39.1 Å². The van der Waals surface area contributed by atoms with Gasteiger partial charge in [0.25, 0.3) is 0 Å². The lowest BCUT2D eigenvalue weighted by molar-refractivity contribution is 0.527. The number of nitrogens with zero attached hydrogens (tertiary/aromatic N) is 2. The van der Waals surface area contributed by atoms with Crippen molar-refractivity contribution in [1.29, 1.82) is 0 Å². The molecule has 0 atom stereocenters. The lowest BCUT2D eigenvalue weighted by Crippen LogP contribution is -2.00. The van der Waals surface area contributed by atoms with E-state index in [4.69, 9.17) is 10.2 Å². The van der Waals surface area contributed by atoms with Crippen molar-refractivity contribution in [2.45, 2.75) is 23.5 Å². The fourth-order valence-electron chi connectivity index (χ4n) is 1.12. The first-order valence-corrected chi connectivity index (χ1v) is 5.35. The Hall–Kier alpha value is -1.33. The van der Waals surface area contributed by atoms with E-state index in [1.807, 2.05) is 19.1 Å². The summed E-state index contributed by atoms with van der Waals surface area (Å²) >= 11 is 1.48. The Kier molecular flexibility index (Phi) is 3.03. The molecule has 4 nitrogen and oxygen atoms in total. The molecule has 0 saturated carbocycles. The first kappa shape index (κ1) is 10.2. The average Bonchev–Trinajstić information content (AvgIpc) is 2.65. The molecule has 2 N–H and O–H groups in total. The van der Waals surface area contributed by atoms with Crippen LogP contribution in [0.5, 0.6) is 0 Å². The molecule has 0 aliphatic rings. The Labute approximate surface area is 91.9 Å². The third-order valence-electron chi connectivity index (χ3n) is 1.91. The highest BCUT2D eigenvalue weighted by Crippen LogP contribution is 2.27. The van der Waals surface area contributed by atoms with Gasteiger partial charge in [-0.15, -0.1) is 0 Å². The molecule has 0 spiro atoms. The second-order valence-corrected chi connectivity index (χ2v) is 3.99. The second kappa shape index (κ2) is 4.46. The quantitative estimate of drug-likeness (QED) is 0.803. The zero-order valence-electron chi connectivity index (χ0n) is 8.30. The van der Waals surface area contributed by atoms with Crippen LogP contribution < -0.4 is 5.73 Å². The lowest BCUT2D eigenvalue weighted by Gasteiger charge is -2.00. The van der Waals surface area contributed by atoms with Crippen molar-refractivity contribution in [2.75, 3.05) is 0 Å². The third kappa shape index (κ3) is 2.37. The maximum atomic E-state index is 5.50. The van der Waals surface area contributed by atoms with Gasteiger partial charge < -0.3 is 10.2 Å². The van der Waals surface area contributed by atoms with E-state index in [1.165, 1.54) is 11.8 Å². The Morgan fingerprint density at radius 3 is 3.00 bits per heavy atom. The minimum Gasteiger partial charge on any atom is -0.468 e. The van der Waals surface area contributed by atoms with Crippen LogP contribution in [-0.4, -0.2) is 9.97 Å².